The fourth-order valence-corrected chi connectivity index (χ4v) is 3.57. The third-order valence-corrected chi connectivity index (χ3v) is 5.47. The van der Waals surface area contributed by atoms with Gasteiger partial charge in [0.25, 0.3) is 0 Å². The minimum absolute atomic E-state index is 0.0297. The number of amides is 1. The van der Waals surface area contributed by atoms with Crippen molar-refractivity contribution in [1.82, 2.24) is 14.8 Å². The number of thioether (sulfide) groups is 1. The molecule has 12 heteroatoms. The molecule has 3 aromatic rings. The van der Waals surface area contributed by atoms with Crippen LogP contribution >= 0.6 is 23.4 Å². The number of fused-ring (bicyclic) bond motifs is 1. The van der Waals surface area contributed by atoms with Crippen molar-refractivity contribution in [3.63, 3.8) is 0 Å². The van der Waals surface area contributed by atoms with Crippen LogP contribution in [0.3, 0.4) is 0 Å². The molecule has 0 bridgehead atoms. The molecular weight excluding hydrogens is 454 g/mol. The second-order valence-electron chi connectivity index (χ2n) is 6.34. The van der Waals surface area contributed by atoms with E-state index in [2.05, 4.69) is 25.0 Å². The number of nitrogens with one attached hydrogen (secondary N) is 1. The van der Waals surface area contributed by atoms with Gasteiger partial charge in [-0.3, -0.25) is 4.79 Å². The molecule has 2 aromatic carbocycles. The molecule has 0 aliphatic carbocycles. The van der Waals surface area contributed by atoms with Crippen LogP contribution < -0.4 is 19.5 Å². The summed E-state index contributed by atoms with van der Waals surface area (Å²) in [7, 11) is 1.75. The van der Waals surface area contributed by atoms with E-state index in [1.165, 1.54) is 30.0 Å². The molecule has 31 heavy (non-hydrogen) atoms. The number of benzene rings is 2. The molecule has 1 aromatic heterocycles. The van der Waals surface area contributed by atoms with E-state index in [1.54, 1.807) is 29.8 Å². The average Bonchev–Trinajstić information content (AvgIpc) is 3.23. The van der Waals surface area contributed by atoms with Crippen LogP contribution in [0.4, 0.5) is 14.5 Å². The van der Waals surface area contributed by atoms with Crippen molar-refractivity contribution < 1.29 is 27.8 Å². The molecule has 0 saturated heterocycles. The summed E-state index contributed by atoms with van der Waals surface area (Å²) >= 11 is 7.23. The van der Waals surface area contributed by atoms with Gasteiger partial charge in [-0.25, -0.2) is 0 Å². The molecular formula is C19H15ClF2N4O4S. The highest BCUT2D eigenvalue weighted by Gasteiger charge is 2.43. The van der Waals surface area contributed by atoms with Gasteiger partial charge in [-0.15, -0.1) is 19.0 Å². The summed E-state index contributed by atoms with van der Waals surface area (Å²) in [6.07, 6.45) is -3.71. The first-order valence-corrected chi connectivity index (χ1v) is 10.3. The molecule has 0 atom stereocenters. The molecule has 0 fully saturated rings. The number of carbonyl (C=O) groups is 1. The van der Waals surface area contributed by atoms with Crippen LogP contribution in [0.1, 0.15) is 5.82 Å². The molecule has 1 N–H and O–H groups in total. The summed E-state index contributed by atoms with van der Waals surface area (Å²) in [6, 6.07) is 11.1. The van der Waals surface area contributed by atoms with Crippen molar-refractivity contribution in [1.29, 1.82) is 0 Å². The quantitative estimate of drug-likeness (QED) is 0.522. The number of hydrogen-bond donors (Lipinski definition) is 1. The number of para-hydroxylation sites is 1. The number of nitrogens with zero attached hydrogens (tertiary/aromatic N) is 3. The van der Waals surface area contributed by atoms with E-state index in [9.17, 15) is 13.6 Å². The van der Waals surface area contributed by atoms with E-state index in [0.717, 1.165) is 0 Å². The molecule has 1 amide bonds. The van der Waals surface area contributed by atoms with Gasteiger partial charge in [0, 0.05) is 18.8 Å². The second kappa shape index (κ2) is 8.60. The van der Waals surface area contributed by atoms with Gasteiger partial charge in [0.2, 0.25) is 5.91 Å². The number of aromatic nitrogens is 3. The second-order valence-corrected chi connectivity index (χ2v) is 7.69. The Morgan fingerprint density at radius 1 is 1.23 bits per heavy atom. The van der Waals surface area contributed by atoms with Crippen molar-refractivity contribution in [3.8, 4) is 17.2 Å². The van der Waals surface area contributed by atoms with Crippen LogP contribution in [-0.2, 0) is 18.4 Å². The summed E-state index contributed by atoms with van der Waals surface area (Å²) < 4.78 is 42.2. The van der Waals surface area contributed by atoms with Crippen molar-refractivity contribution in [3.05, 3.63) is 53.3 Å². The summed E-state index contributed by atoms with van der Waals surface area (Å²) in [4.78, 5) is 12.2. The first-order chi connectivity index (χ1) is 14.8. The van der Waals surface area contributed by atoms with Gasteiger partial charge in [-0.2, -0.15) is 0 Å². The van der Waals surface area contributed by atoms with Gasteiger partial charge in [0.05, 0.1) is 10.8 Å². The molecule has 0 spiro atoms. The SMILES string of the molecule is Cn1c(COc2ccccc2Cl)nnc1SCC(=O)Nc1ccc2c(c1)OC(F)(F)O2. The highest BCUT2D eigenvalue weighted by molar-refractivity contribution is 7.99. The normalized spacial score (nSPS) is 13.8. The lowest BCUT2D eigenvalue weighted by molar-refractivity contribution is -0.286. The standard InChI is InChI=1S/C19H15ClF2N4O4S/c1-26-16(9-28-13-5-3-2-4-12(13)20)24-25-18(26)31-10-17(27)23-11-6-7-14-15(8-11)30-19(21,22)29-14/h2-8H,9-10H2,1H3,(H,23,27). The Labute approximate surface area is 184 Å². The maximum atomic E-state index is 13.1. The van der Waals surface area contributed by atoms with Crippen molar-refractivity contribution in [2.24, 2.45) is 7.05 Å². The van der Waals surface area contributed by atoms with E-state index in [-0.39, 0.29) is 29.8 Å². The van der Waals surface area contributed by atoms with Gasteiger partial charge < -0.3 is 24.1 Å². The number of rotatable bonds is 7. The number of hydrogen-bond acceptors (Lipinski definition) is 7. The Kier molecular flexibility index (Phi) is 5.88. The van der Waals surface area contributed by atoms with Gasteiger partial charge in [0.1, 0.15) is 12.4 Å². The summed E-state index contributed by atoms with van der Waals surface area (Å²) in [5.74, 6) is 0.520. The Morgan fingerprint density at radius 3 is 2.81 bits per heavy atom. The first kappa shape index (κ1) is 21.2. The molecule has 0 unspecified atom stereocenters. The topological polar surface area (TPSA) is 87.5 Å². The fourth-order valence-electron chi connectivity index (χ4n) is 2.65. The molecule has 1 aliphatic heterocycles. The largest absolute Gasteiger partial charge is 0.586 e. The molecule has 8 nitrogen and oxygen atoms in total. The maximum Gasteiger partial charge on any atom is 0.586 e. The summed E-state index contributed by atoms with van der Waals surface area (Å²) in [5.41, 5.74) is 0.303. The Bertz CT molecular complexity index is 1130. The van der Waals surface area contributed by atoms with Crippen molar-refractivity contribution in [2.45, 2.75) is 18.1 Å². The molecule has 1 aliphatic rings. The van der Waals surface area contributed by atoms with E-state index < -0.39 is 6.29 Å². The monoisotopic (exact) mass is 468 g/mol. The number of halogens is 3. The van der Waals surface area contributed by atoms with Crippen LogP contribution in [0, 0.1) is 0 Å². The lowest BCUT2D eigenvalue weighted by atomic mass is 10.3. The van der Waals surface area contributed by atoms with Gasteiger partial charge in [-0.05, 0) is 24.3 Å². The zero-order chi connectivity index (χ0) is 22.0. The summed E-state index contributed by atoms with van der Waals surface area (Å²) in [5, 5.41) is 11.7. The van der Waals surface area contributed by atoms with Crippen LogP contribution in [0.25, 0.3) is 0 Å². The van der Waals surface area contributed by atoms with Crippen LogP contribution in [0.15, 0.2) is 47.6 Å². The number of alkyl halides is 2. The van der Waals surface area contributed by atoms with Crippen molar-refractivity contribution in [2.75, 3.05) is 11.1 Å². The fraction of sp³-hybridized carbons (Fsp3) is 0.211. The number of ether oxygens (including phenoxy) is 3. The minimum Gasteiger partial charge on any atom is -0.484 e. The Balaban J connectivity index is 1.31. The number of anilines is 1. The predicted molar refractivity (Wildman–Crippen MR) is 109 cm³/mol. The van der Waals surface area contributed by atoms with E-state index in [0.29, 0.717) is 27.4 Å². The molecule has 2 heterocycles. The molecule has 162 valence electrons. The molecule has 4 rings (SSSR count). The van der Waals surface area contributed by atoms with Crippen LogP contribution in [0.5, 0.6) is 17.2 Å². The third kappa shape index (κ3) is 5.00. The number of carbonyl (C=O) groups excluding carboxylic acids is 1. The highest BCUT2D eigenvalue weighted by Crippen LogP contribution is 2.42. The Morgan fingerprint density at radius 2 is 2.00 bits per heavy atom. The lowest BCUT2D eigenvalue weighted by Gasteiger charge is -2.08. The predicted octanol–water partition coefficient (Wildman–Crippen LogP) is 4.10. The maximum absolute atomic E-state index is 13.1. The average molecular weight is 469 g/mol. The van der Waals surface area contributed by atoms with Crippen molar-refractivity contribution >= 4 is 35.0 Å². The zero-order valence-electron chi connectivity index (χ0n) is 16.0. The van der Waals surface area contributed by atoms with Gasteiger partial charge >= 0.3 is 6.29 Å². The summed E-state index contributed by atoms with van der Waals surface area (Å²) in [6.45, 7) is 0.155. The minimum atomic E-state index is -3.71. The smallest absolute Gasteiger partial charge is 0.484 e. The lowest BCUT2D eigenvalue weighted by Crippen LogP contribution is -2.25. The van der Waals surface area contributed by atoms with Gasteiger partial charge in [-0.1, -0.05) is 35.5 Å². The van der Waals surface area contributed by atoms with E-state index >= 15 is 0 Å². The van der Waals surface area contributed by atoms with E-state index in [1.807, 2.05) is 6.07 Å². The molecule has 0 radical (unpaired) electrons. The van der Waals surface area contributed by atoms with Gasteiger partial charge in [0.15, 0.2) is 22.5 Å². The zero-order valence-corrected chi connectivity index (χ0v) is 17.5. The van der Waals surface area contributed by atoms with Crippen LogP contribution in [0.2, 0.25) is 5.02 Å². The Hall–Kier alpha value is -3.05. The van der Waals surface area contributed by atoms with Crippen LogP contribution in [-0.4, -0.2) is 32.7 Å². The highest BCUT2D eigenvalue weighted by atomic mass is 35.5. The third-order valence-electron chi connectivity index (χ3n) is 4.14. The molecule has 0 saturated carbocycles. The van der Waals surface area contributed by atoms with E-state index in [4.69, 9.17) is 16.3 Å². The first-order valence-electron chi connectivity index (χ1n) is 8.89.